The SMILES string of the molecule is CCCC(OC)C(Cc1cc(F)ccc1C)NCC. The summed E-state index contributed by atoms with van der Waals surface area (Å²) in [6.07, 6.45) is 3.08. The number of hydrogen-bond donors (Lipinski definition) is 1. The first kappa shape index (κ1) is 16.1. The lowest BCUT2D eigenvalue weighted by atomic mass is 9.95. The Hall–Kier alpha value is -0.930. The van der Waals surface area contributed by atoms with Crippen molar-refractivity contribution in [1.29, 1.82) is 0 Å². The number of hydrogen-bond acceptors (Lipinski definition) is 2. The Kier molecular flexibility index (Phi) is 7.03. The van der Waals surface area contributed by atoms with Crippen LogP contribution in [0.3, 0.4) is 0 Å². The molecule has 0 saturated carbocycles. The van der Waals surface area contributed by atoms with Gasteiger partial charge in [-0.05, 0) is 49.6 Å². The summed E-state index contributed by atoms with van der Waals surface area (Å²) in [5.41, 5.74) is 2.19. The van der Waals surface area contributed by atoms with Gasteiger partial charge in [-0.25, -0.2) is 4.39 Å². The maximum atomic E-state index is 13.4. The van der Waals surface area contributed by atoms with E-state index in [1.165, 1.54) is 6.07 Å². The molecule has 0 aliphatic heterocycles. The lowest BCUT2D eigenvalue weighted by Gasteiger charge is -2.27. The van der Waals surface area contributed by atoms with E-state index in [1.807, 2.05) is 13.0 Å². The van der Waals surface area contributed by atoms with Crippen molar-refractivity contribution in [2.75, 3.05) is 13.7 Å². The lowest BCUT2D eigenvalue weighted by molar-refractivity contribution is 0.0613. The van der Waals surface area contributed by atoms with Crippen molar-refractivity contribution in [2.24, 2.45) is 0 Å². The zero-order valence-electron chi connectivity index (χ0n) is 12.5. The third kappa shape index (κ3) is 4.92. The molecule has 0 aromatic heterocycles. The molecule has 2 nitrogen and oxygen atoms in total. The van der Waals surface area contributed by atoms with Crippen molar-refractivity contribution in [3.05, 3.63) is 35.1 Å². The Morgan fingerprint density at radius 3 is 2.63 bits per heavy atom. The summed E-state index contributed by atoms with van der Waals surface area (Å²) in [5.74, 6) is -0.166. The second-order valence-electron chi connectivity index (χ2n) is 5.00. The lowest BCUT2D eigenvalue weighted by Crippen LogP contribution is -2.42. The number of methoxy groups -OCH3 is 1. The Morgan fingerprint density at radius 2 is 2.05 bits per heavy atom. The summed E-state index contributed by atoms with van der Waals surface area (Å²) < 4.78 is 19.0. The van der Waals surface area contributed by atoms with Crippen LogP contribution >= 0.6 is 0 Å². The summed E-state index contributed by atoms with van der Waals surface area (Å²) in [4.78, 5) is 0. The van der Waals surface area contributed by atoms with Crippen LogP contribution in [0.1, 0.15) is 37.8 Å². The van der Waals surface area contributed by atoms with Gasteiger partial charge in [-0.15, -0.1) is 0 Å². The molecule has 1 aromatic carbocycles. The fraction of sp³-hybridized carbons (Fsp3) is 0.625. The van der Waals surface area contributed by atoms with E-state index in [1.54, 1.807) is 13.2 Å². The minimum Gasteiger partial charge on any atom is -0.380 e. The van der Waals surface area contributed by atoms with Gasteiger partial charge in [0.1, 0.15) is 5.82 Å². The molecule has 2 unspecified atom stereocenters. The highest BCUT2D eigenvalue weighted by molar-refractivity contribution is 5.27. The van der Waals surface area contributed by atoms with Crippen LogP contribution in [0.2, 0.25) is 0 Å². The Balaban J connectivity index is 2.84. The molecule has 0 amide bonds. The van der Waals surface area contributed by atoms with E-state index >= 15 is 0 Å². The molecule has 0 fully saturated rings. The molecule has 0 spiro atoms. The van der Waals surface area contributed by atoms with Crippen molar-refractivity contribution in [3.63, 3.8) is 0 Å². The summed E-state index contributed by atoms with van der Waals surface area (Å²) in [6.45, 7) is 7.16. The minimum absolute atomic E-state index is 0.166. The molecule has 0 aliphatic carbocycles. The number of benzene rings is 1. The molecule has 0 heterocycles. The van der Waals surface area contributed by atoms with Crippen molar-refractivity contribution in [1.82, 2.24) is 5.32 Å². The van der Waals surface area contributed by atoms with Gasteiger partial charge in [0.2, 0.25) is 0 Å². The molecule has 19 heavy (non-hydrogen) atoms. The molecular formula is C16H26FNO. The van der Waals surface area contributed by atoms with Gasteiger partial charge in [0.05, 0.1) is 6.10 Å². The number of aryl methyl sites for hydroxylation is 1. The van der Waals surface area contributed by atoms with Gasteiger partial charge in [-0.1, -0.05) is 26.3 Å². The molecular weight excluding hydrogens is 241 g/mol. The van der Waals surface area contributed by atoms with Crippen molar-refractivity contribution >= 4 is 0 Å². The molecule has 0 bridgehead atoms. The Morgan fingerprint density at radius 1 is 1.32 bits per heavy atom. The van der Waals surface area contributed by atoms with E-state index in [-0.39, 0.29) is 18.0 Å². The van der Waals surface area contributed by atoms with Gasteiger partial charge in [-0.3, -0.25) is 0 Å². The van der Waals surface area contributed by atoms with E-state index < -0.39 is 0 Å². The fourth-order valence-electron chi connectivity index (χ4n) is 2.46. The van der Waals surface area contributed by atoms with Crippen LogP contribution in [0.25, 0.3) is 0 Å². The van der Waals surface area contributed by atoms with Gasteiger partial charge in [0.25, 0.3) is 0 Å². The average Bonchev–Trinajstić information content (AvgIpc) is 2.39. The molecule has 0 aliphatic rings. The molecule has 2 atom stereocenters. The summed E-state index contributed by atoms with van der Waals surface area (Å²) >= 11 is 0. The summed E-state index contributed by atoms with van der Waals surface area (Å²) in [5, 5.41) is 3.47. The molecule has 108 valence electrons. The largest absolute Gasteiger partial charge is 0.380 e. The number of halogens is 1. The van der Waals surface area contributed by atoms with E-state index in [2.05, 4.69) is 19.2 Å². The van der Waals surface area contributed by atoms with Crippen LogP contribution < -0.4 is 5.32 Å². The molecule has 1 rings (SSSR count). The van der Waals surface area contributed by atoms with Crippen LogP contribution in [0.5, 0.6) is 0 Å². The van der Waals surface area contributed by atoms with Gasteiger partial charge >= 0.3 is 0 Å². The van der Waals surface area contributed by atoms with Gasteiger partial charge < -0.3 is 10.1 Å². The minimum atomic E-state index is -0.166. The second-order valence-corrected chi connectivity index (χ2v) is 5.00. The van der Waals surface area contributed by atoms with Crippen LogP contribution in [0.4, 0.5) is 4.39 Å². The zero-order valence-corrected chi connectivity index (χ0v) is 12.5. The average molecular weight is 267 g/mol. The number of nitrogens with one attached hydrogen (secondary N) is 1. The highest BCUT2D eigenvalue weighted by atomic mass is 19.1. The van der Waals surface area contributed by atoms with Gasteiger partial charge in [0.15, 0.2) is 0 Å². The quantitative estimate of drug-likeness (QED) is 0.778. The molecule has 1 N–H and O–H groups in total. The third-order valence-corrected chi connectivity index (χ3v) is 3.54. The van der Waals surface area contributed by atoms with Crippen molar-refractivity contribution < 1.29 is 9.13 Å². The van der Waals surface area contributed by atoms with Gasteiger partial charge in [-0.2, -0.15) is 0 Å². The molecule has 1 aromatic rings. The van der Waals surface area contributed by atoms with E-state index in [0.717, 1.165) is 36.9 Å². The zero-order chi connectivity index (χ0) is 14.3. The summed E-state index contributed by atoms with van der Waals surface area (Å²) in [7, 11) is 1.75. The Labute approximate surface area is 116 Å². The topological polar surface area (TPSA) is 21.3 Å². The summed E-state index contributed by atoms with van der Waals surface area (Å²) in [6, 6.07) is 5.23. The van der Waals surface area contributed by atoms with E-state index in [4.69, 9.17) is 4.74 Å². The van der Waals surface area contributed by atoms with Crippen LogP contribution in [-0.2, 0) is 11.2 Å². The first-order valence-corrected chi connectivity index (χ1v) is 7.13. The first-order chi connectivity index (χ1) is 9.12. The molecule has 3 heteroatoms. The molecule has 0 saturated heterocycles. The Bertz CT molecular complexity index is 381. The molecule has 0 radical (unpaired) electrons. The predicted octanol–water partition coefficient (Wildman–Crippen LogP) is 3.47. The normalized spacial score (nSPS) is 14.4. The highest BCUT2D eigenvalue weighted by Crippen LogP contribution is 2.16. The predicted molar refractivity (Wildman–Crippen MR) is 78.0 cm³/mol. The number of likely N-dealkylation sites (N-methyl/N-ethyl adjacent to an activating group) is 1. The number of rotatable bonds is 8. The van der Waals surface area contributed by atoms with Crippen LogP contribution in [-0.4, -0.2) is 25.8 Å². The standard InChI is InChI=1S/C16H26FNO/c1-5-7-16(19-4)15(18-6-2)11-13-10-14(17)9-8-12(13)3/h8-10,15-16,18H,5-7,11H2,1-4H3. The second kappa shape index (κ2) is 8.28. The first-order valence-electron chi connectivity index (χ1n) is 7.13. The third-order valence-electron chi connectivity index (χ3n) is 3.54. The smallest absolute Gasteiger partial charge is 0.123 e. The maximum Gasteiger partial charge on any atom is 0.123 e. The highest BCUT2D eigenvalue weighted by Gasteiger charge is 2.20. The maximum absolute atomic E-state index is 13.4. The van der Waals surface area contributed by atoms with Crippen molar-refractivity contribution in [3.8, 4) is 0 Å². The van der Waals surface area contributed by atoms with E-state index in [9.17, 15) is 4.39 Å². The van der Waals surface area contributed by atoms with Gasteiger partial charge in [0, 0.05) is 13.2 Å². The van der Waals surface area contributed by atoms with Crippen molar-refractivity contribution in [2.45, 2.75) is 52.2 Å². The number of ether oxygens (including phenoxy) is 1. The van der Waals surface area contributed by atoms with Crippen LogP contribution in [0, 0.1) is 12.7 Å². The van der Waals surface area contributed by atoms with E-state index in [0.29, 0.717) is 0 Å². The van der Waals surface area contributed by atoms with Crippen LogP contribution in [0.15, 0.2) is 18.2 Å². The fourth-order valence-corrected chi connectivity index (χ4v) is 2.46. The monoisotopic (exact) mass is 267 g/mol.